The van der Waals surface area contributed by atoms with Gasteiger partial charge in [-0.25, -0.2) is 4.79 Å². The first-order valence-corrected chi connectivity index (χ1v) is 3.78. The van der Waals surface area contributed by atoms with Crippen LogP contribution in [0.1, 0.15) is 5.76 Å². The Hall–Kier alpha value is -1.55. The fourth-order valence-corrected chi connectivity index (χ4v) is 0.771. The van der Waals surface area contributed by atoms with Gasteiger partial charge in [0.05, 0.1) is 12.9 Å². The summed E-state index contributed by atoms with van der Waals surface area (Å²) < 4.78 is 10.1. The van der Waals surface area contributed by atoms with Gasteiger partial charge >= 0.3 is 5.97 Å². The Labute approximate surface area is 75.4 Å². The maximum absolute atomic E-state index is 10.0. The van der Waals surface area contributed by atoms with E-state index in [9.17, 15) is 4.79 Å². The van der Waals surface area contributed by atoms with Gasteiger partial charge in [-0.2, -0.15) is 0 Å². The van der Waals surface area contributed by atoms with Gasteiger partial charge in [0.15, 0.2) is 0 Å². The number of hydrogen-bond donors (Lipinski definition) is 1. The molecule has 0 fully saturated rings. The van der Waals surface area contributed by atoms with Crippen LogP contribution >= 0.6 is 0 Å². The standard InChI is InChI=1S/C9H10O4/c10-9(11)4-2-5-12-7-8-3-1-6-13-8/h1-4,6H,5,7H2,(H,10,11)/b4-2+. The van der Waals surface area contributed by atoms with Crippen molar-refractivity contribution in [1.29, 1.82) is 0 Å². The highest BCUT2D eigenvalue weighted by molar-refractivity contribution is 5.79. The minimum Gasteiger partial charge on any atom is -0.478 e. The lowest BCUT2D eigenvalue weighted by molar-refractivity contribution is -0.131. The summed E-state index contributed by atoms with van der Waals surface area (Å²) in [6.45, 7) is 0.629. The van der Waals surface area contributed by atoms with Gasteiger partial charge in [0, 0.05) is 6.08 Å². The SMILES string of the molecule is O=C(O)/C=C/COCc1ccco1. The van der Waals surface area contributed by atoms with E-state index >= 15 is 0 Å². The van der Waals surface area contributed by atoms with Crippen LogP contribution < -0.4 is 0 Å². The summed E-state index contributed by atoms with van der Waals surface area (Å²) in [5, 5.41) is 8.24. The third-order valence-electron chi connectivity index (χ3n) is 1.30. The summed E-state index contributed by atoms with van der Waals surface area (Å²) in [6, 6.07) is 3.56. The molecule has 0 atom stereocenters. The van der Waals surface area contributed by atoms with Crippen LogP contribution in [0.4, 0.5) is 0 Å². The fourth-order valence-electron chi connectivity index (χ4n) is 0.771. The van der Waals surface area contributed by atoms with Crippen LogP contribution in [0, 0.1) is 0 Å². The predicted octanol–water partition coefficient (Wildman–Crippen LogP) is 1.44. The molecule has 1 N–H and O–H groups in total. The molecule has 0 radical (unpaired) electrons. The van der Waals surface area contributed by atoms with Crippen LogP contribution in [0.25, 0.3) is 0 Å². The van der Waals surface area contributed by atoms with Crippen LogP contribution in [0.15, 0.2) is 35.0 Å². The molecule has 0 aliphatic carbocycles. The van der Waals surface area contributed by atoms with E-state index in [1.54, 1.807) is 18.4 Å². The van der Waals surface area contributed by atoms with Gasteiger partial charge < -0.3 is 14.3 Å². The number of hydrogen-bond acceptors (Lipinski definition) is 3. The van der Waals surface area contributed by atoms with Crippen LogP contribution in [-0.2, 0) is 16.1 Å². The first-order valence-electron chi connectivity index (χ1n) is 3.78. The van der Waals surface area contributed by atoms with Crippen LogP contribution in [-0.4, -0.2) is 17.7 Å². The van der Waals surface area contributed by atoms with E-state index in [0.29, 0.717) is 6.61 Å². The van der Waals surface area contributed by atoms with E-state index in [2.05, 4.69) is 0 Å². The van der Waals surface area contributed by atoms with Crippen LogP contribution in [0.2, 0.25) is 0 Å². The molecule has 1 aromatic heterocycles. The molecular formula is C9H10O4. The van der Waals surface area contributed by atoms with Crippen molar-refractivity contribution in [2.75, 3.05) is 6.61 Å². The zero-order valence-corrected chi connectivity index (χ0v) is 6.97. The molecule has 70 valence electrons. The topological polar surface area (TPSA) is 59.7 Å². The van der Waals surface area contributed by atoms with Gasteiger partial charge in [0.25, 0.3) is 0 Å². The molecule has 0 aliphatic heterocycles. The lowest BCUT2D eigenvalue weighted by Crippen LogP contribution is -1.93. The van der Waals surface area contributed by atoms with E-state index in [-0.39, 0.29) is 6.61 Å². The molecule has 0 unspecified atom stereocenters. The number of furan rings is 1. The second kappa shape index (κ2) is 5.16. The Morgan fingerprint density at radius 2 is 2.54 bits per heavy atom. The fraction of sp³-hybridized carbons (Fsp3) is 0.222. The number of carboxylic acid groups (broad SMARTS) is 1. The van der Waals surface area contributed by atoms with E-state index in [1.807, 2.05) is 0 Å². The van der Waals surface area contributed by atoms with Crippen LogP contribution in [0.5, 0.6) is 0 Å². The summed E-state index contributed by atoms with van der Waals surface area (Å²) in [6.07, 6.45) is 4.04. The summed E-state index contributed by atoms with van der Waals surface area (Å²) in [5.41, 5.74) is 0. The number of rotatable bonds is 5. The molecule has 13 heavy (non-hydrogen) atoms. The van der Waals surface area contributed by atoms with Gasteiger partial charge in [-0.3, -0.25) is 0 Å². The first-order chi connectivity index (χ1) is 6.29. The van der Waals surface area contributed by atoms with Crippen molar-refractivity contribution in [3.63, 3.8) is 0 Å². The Morgan fingerprint density at radius 3 is 3.15 bits per heavy atom. The van der Waals surface area contributed by atoms with Gasteiger partial charge in [0.1, 0.15) is 12.4 Å². The zero-order valence-electron chi connectivity index (χ0n) is 6.97. The number of carbonyl (C=O) groups is 1. The Morgan fingerprint density at radius 1 is 1.69 bits per heavy atom. The highest BCUT2D eigenvalue weighted by Gasteiger charge is 1.93. The molecule has 0 bridgehead atoms. The van der Waals surface area contributed by atoms with E-state index in [4.69, 9.17) is 14.3 Å². The number of carboxylic acids is 1. The van der Waals surface area contributed by atoms with Crippen molar-refractivity contribution in [1.82, 2.24) is 0 Å². The molecule has 0 saturated carbocycles. The van der Waals surface area contributed by atoms with Crippen LogP contribution in [0.3, 0.4) is 0 Å². The molecule has 0 aliphatic rings. The Kier molecular flexibility index (Phi) is 3.78. The summed E-state index contributed by atoms with van der Waals surface area (Å²) in [4.78, 5) is 10.0. The average Bonchev–Trinajstić information content (AvgIpc) is 2.55. The smallest absolute Gasteiger partial charge is 0.328 e. The van der Waals surface area contributed by atoms with Gasteiger partial charge in [-0.15, -0.1) is 0 Å². The zero-order chi connectivity index (χ0) is 9.52. The van der Waals surface area contributed by atoms with Crippen molar-refractivity contribution in [2.45, 2.75) is 6.61 Å². The molecule has 1 rings (SSSR count). The molecule has 1 heterocycles. The second-order valence-electron chi connectivity index (χ2n) is 2.34. The molecule has 0 spiro atoms. The maximum Gasteiger partial charge on any atom is 0.328 e. The highest BCUT2D eigenvalue weighted by atomic mass is 16.5. The first kappa shape index (κ1) is 9.54. The highest BCUT2D eigenvalue weighted by Crippen LogP contribution is 2.01. The quantitative estimate of drug-likeness (QED) is 0.552. The van der Waals surface area contributed by atoms with Crippen molar-refractivity contribution in [3.05, 3.63) is 36.3 Å². The minimum absolute atomic E-state index is 0.271. The van der Waals surface area contributed by atoms with Crippen molar-refractivity contribution < 1.29 is 19.1 Å². The van der Waals surface area contributed by atoms with E-state index < -0.39 is 5.97 Å². The van der Waals surface area contributed by atoms with Crippen molar-refractivity contribution in [3.8, 4) is 0 Å². The van der Waals surface area contributed by atoms with Gasteiger partial charge in [0.2, 0.25) is 0 Å². The lowest BCUT2D eigenvalue weighted by Gasteiger charge is -1.95. The molecule has 1 aromatic rings. The lowest BCUT2D eigenvalue weighted by atomic mass is 10.5. The van der Waals surface area contributed by atoms with E-state index in [1.165, 1.54) is 6.08 Å². The average molecular weight is 182 g/mol. The second-order valence-corrected chi connectivity index (χ2v) is 2.34. The largest absolute Gasteiger partial charge is 0.478 e. The Bertz CT molecular complexity index is 274. The third-order valence-corrected chi connectivity index (χ3v) is 1.30. The third kappa shape index (κ3) is 4.12. The predicted molar refractivity (Wildman–Crippen MR) is 45.1 cm³/mol. The number of ether oxygens (including phenoxy) is 1. The minimum atomic E-state index is -0.971. The normalized spacial score (nSPS) is 10.8. The molecular weight excluding hydrogens is 172 g/mol. The molecule has 0 saturated heterocycles. The molecule has 0 aromatic carbocycles. The Balaban J connectivity index is 2.12. The van der Waals surface area contributed by atoms with Crippen molar-refractivity contribution in [2.24, 2.45) is 0 Å². The maximum atomic E-state index is 10.0. The molecule has 4 heteroatoms. The van der Waals surface area contributed by atoms with Gasteiger partial charge in [-0.1, -0.05) is 6.08 Å². The van der Waals surface area contributed by atoms with Gasteiger partial charge in [-0.05, 0) is 12.1 Å². The molecule has 0 amide bonds. The van der Waals surface area contributed by atoms with E-state index in [0.717, 1.165) is 11.8 Å². The van der Waals surface area contributed by atoms with Crippen molar-refractivity contribution >= 4 is 5.97 Å². The monoisotopic (exact) mass is 182 g/mol. The number of aliphatic carboxylic acids is 1. The summed E-state index contributed by atoms with van der Waals surface area (Å²) >= 11 is 0. The summed E-state index contributed by atoms with van der Waals surface area (Å²) in [5.74, 6) is -0.245. The molecule has 4 nitrogen and oxygen atoms in total. The summed E-state index contributed by atoms with van der Waals surface area (Å²) in [7, 11) is 0.